The van der Waals surface area contributed by atoms with E-state index in [0.29, 0.717) is 54.9 Å². The first-order chi connectivity index (χ1) is 38.5. The van der Waals surface area contributed by atoms with E-state index in [4.69, 9.17) is 10.8 Å². The fourth-order valence-electron chi connectivity index (χ4n) is 12.4. The van der Waals surface area contributed by atoms with Gasteiger partial charge in [0.05, 0.1) is 33.6 Å². The molecule has 0 spiro atoms. The minimum absolute atomic E-state index is 0.0375. The molecule has 2 aromatic carbocycles. The molecule has 7 amide bonds. The van der Waals surface area contributed by atoms with Crippen molar-refractivity contribution in [1.82, 2.24) is 45.1 Å². The molecule has 5 aliphatic heterocycles. The topological polar surface area (TPSA) is 238 Å². The molecule has 19 nitrogen and oxygen atoms in total. The second-order valence-corrected chi connectivity index (χ2v) is 22.0. The number of pyridine rings is 2. The number of carbonyl (C=O) groups excluding carboxylic acids is 7. The van der Waals surface area contributed by atoms with E-state index in [9.17, 15) is 46.7 Å². The molecule has 1 saturated carbocycles. The number of hydrogen-bond donors (Lipinski definition) is 4. The summed E-state index contributed by atoms with van der Waals surface area (Å²) in [7, 11) is 0. The van der Waals surface area contributed by atoms with Crippen molar-refractivity contribution in [2.75, 3.05) is 61.8 Å². The number of piperidine rings is 3. The second kappa shape index (κ2) is 22.6. The van der Waals surface area contributed by atoms with E-state index in [1.807, 2.05) is 27.8 Å². The van der Waals surface area contributed by atoms with Crippen LogP contribution in [-0.4, -0.2) is 134 Å². The predicted octanol–water partition coefficient (Wildman–Crippen LogP) is 7.00. The molecule has 1 unspecified atom stereocenters. The number of hydrogen-bond acceptors (Lipinski definition) is 13. The molecule has 4 fully saturated rings. The summed E-state index contributed by atoms with van der Waals surface area (Å²) in [6, 6.07) is 12.2. The quantitative estimate of drug-likeness (QED) is 0.109. The third-order valence-corrected chi connectivity index (χ3v) is 16.8. The van der Waals surface area contributed by atoms with Gasteiger partial charge in [0.15, 0.2) is 0 Å². The number of nitrogen functional groups attached to an aromatic ring is 1. The maximum atomic E-state index is 14.2. The molecule has 5 N–H and O–H groups in total. The van der Waals surface area contributed by atoms with Crippen molar-refractivity contribution in [1.29, 1.82) is 0 Å². The summed E-state index contributed by atoms with van der Waals surface area (Å²) in [4.78, 5) is 108. The van der Waals surface area contributed by atoms with E-state index in [2.05, 4.69) is 35.7 Å². The van der Waals surface area contributed by atoms with Crippen LogP contribution in [-0.2, 0) is 25.4 Å². The standard InChI is InChI=1S/C58H63F3N12O7/c59-58(60,61)39-15-21-63-46(29-39)66-54(77)37-9-7-36(8-10-37)51-50-52-38(32-64-53(50)62)4-1-2-22-71(27-20-48(75)65-40-5-3-6-42(30-40)73(52)68-51)49(76)28-34-16-23-69(24-17-34)33-35-18-25-70(26-19-35)41-11-12-43-44(31-41)57(80)72(56(43)79)45-13-14-47(74)67-55(45)78/h1,4,7-12,15,21,29,31-32,34-35,40,42,45H,2-3,5-6,13-14,16-20,22-28,30,33H2,(H2,62,64)(H,65,75)(H,63,66,77)(H,67,74,78)/b4-1+/t40-,42-,45?/m1/s1. The normalized spacial score (nSPS) is 22.4. The lowest BCUT2D eigenvalue weighted by Crippen LogP contribution is -2.54. The van der Waals surface area contributed by atoms with Gasteiger partial charge in [-0.25, -0.2) is 9.97 Å². The molecule has 80 heavy (non-hydrogen) atoms. The number of rotatable bonds is 9. The zero-order valence-corrected chi connectivity index (χ0v) is 44.2. The molecule has 0 radical (unpaired) electrons. The van der Waals surface area contributed by atoms with Crippen molar-refractivity contribution in [3.8, 4) is 11.3 Å². The largest absolute Gasteiger partial charge is 0.416 e. The number of nitrogens with one attached hydrogen (secondary N) is 3. The number of halogens is 3. The lowest BCUT2D eigenvalue weighted by molar-refractivity contribution is -0.138. The summed E-state index contributed by atoms with van der Waals surface area (Å²) in [6.45, 7) is 5.08. The van der Waals surface area contributed by atoms with Gasteiger partial charge in [0.1, 0.15) is 23.4 Å². The Bertz CT molecular complexity index is 3290. The molecule has 5 aromatic rings. The minimum atomic E-state index is -4.60. The number of imide groups is 2. The van der Waals surface area contributed by atoms with Crippen molar-refractivity contribution in [3.63, 3.8) is 0 Å². The van der Waals surface area contributed by atoms with Crippen LogP contribution in [0.3, 0.4) is 0 Å². The van der Waals surface area contributed by atoms with Gasteiger partial charge in [-0.3, -0.25) is 48.5 Å². The van der Waals surface area contributed by atoms with Crippen LogP contribution >= 0.6 is 0 Å². The number of alkyl halides is 3. The van der Waals surface area contributed by atoms with Crippen molar-refractivity contribution in [2.24, 2.45) is 11.8 Å². The fraction of sp³-hybridized carbons (Fsp3) is 0.448. The van der Waals surface area contributed by atoms with E-state index in [-0.39, 0.29) is 77.4 Å². The number of fused-ring (bicyclic) bond motifs is 4. The monoisotopic (exact) mass is 1100 g/mol. The van der Waals surface area contributed by atoms with Crippen LogP contribution in [0.1, 0.15) is 132 Å². The van der Waals surface area contributed by atoms with Crippen LogP contribution in [0.2, 0.25) is 0 Å². The molecule has 8 heterocycles. The zero-order chi connectivity index (χ0) is 55.8. The van der Waals surface area contributed by atoms with E-state index in [1.54, 1.807) is 42.6 Å². The van der Waals surface area contributed by atoms with Crippen LogP contribution in [0.15, 0.2) is 73.1 Å². The fourth-order valence-corrected chi connectivity index (χ4v) is 12.4. The highest BCUT2D eigenvalue weighted by molar-refractivity contribution is 6.23. The van der Waals surface area contributed by atoms with Crippen molar-refractivity contribution < 1.29 is 46.7 Å². The lowest BCUT2D eigenvalue weighted by atomic mass is 9.90. The Morgan fingerprint density at radius 2 is 1.55 bits per heavy atom. The van der Waals surface area contributed by atoms with Crippen LogP contribution in [0, 0.1) is 11.8 Å². The average molecular weight is 1100 g/mol. The van der Waals surface area contributed by atoms with Gasteiger partial charge in [0.2, 0.25) is 23.6 Å². The first-order valence-electron chi connectivity index (χ1n) is 27.7. The van der Waals surface area contributed by atoms with Crippen LogP contribution in [0.4, 0.5) is 30.5 Å². The maximum Gasteiger partial charge on any atom is 0.416 e. The van der Waals surface area contributed by atoms with E-state index < -0.39 is 47.3 Å². The molecule has 1 aliphatic carbocycles. The second-order valence-electron chi connectivity index (χ2n) is 22.0. The molecule has 11 rings (SSSR count). The smallest absolute Gasteiger partial charge is 0.383 e. The minimum Gasteiger partial charge on any atom is -0.383 e. The predicted molar refractivity (Wildman–Crippen MR) is 291 cm³/mol. The Kier molecular flexibility index (Phi) is 15.3. The van der Waals surface area contributed by atoms with Gasteiger partial charge in [-0.2, -0.15) is 18.3 Å². The van der Waals surface area contributed by atoms with E-state index in [0.717, 1.165) is 118 Å². The summed E-state index contributed by atoms with van der Waals surface area (Å²) < 4.78 is 42.0. The van der Waals surface area contributed by atoms with E-state index in [1.165, 1.54) is 0 Å². The van der Waals surface area contributed by atoms with Crippen LogP contribution in [0.5, 0.6) is 0 Å². The summed E-state index contributed by atoms with van der Waals surface area (Å²) in [5.41, 5.74) is 10.1. The van der Waals surface area contributed by atoms with Gasteiger partial charge in [0.25, 0.3) is 17.7 Å². The van der Waals surface area contributed by atoms with E-state index >= 15 is 0 Å². The highest BCUT2D eigenvalue weighted by Crippen LogP contribution is 2.40. The summed E-state index contributed by atoms with van der Waals surface area (Å²) in [6.07, 6.45) is 10.2. The summed E-state index contributed by atoms with van der Waals surface area (Å²) in [5, 5.41) is 13.7. The molecular formula is C58H63F3N12O7. The Balaban J connectivity index is 0.705. The third-order valence-electron chi connectivity index (χ3n) is 16.8. The maximum absolute atomic E-state index is 14.2. The lowest BCUT2D eigenvalue weighted by Gasteiger charge is -2.38. The highest BCUT2D eigenvalue weighted by Gasteiger charge is 2.45. The average Bonchev–Trinajstić information content (AvgIpc) is 4.09. The van der Waals surface area contributed by atoms with Crippen LogP contribution < -0.4 is 26.6 Å². The van der Waals surface area contributed by atoms with Gasteiger partial charge in [-0.1, -0.05) is 24.3 Å². The molecule has 22 heteroatoms. The Morgan fingerprint density at radius 3 is 2.31 bits per heavy atom. The van der Waals surface area contributed by atoms with Gasteiger partial charge in [-0.15, -0.1) is 0 Å². The SMILES string of the molecule is Nc1ncc2c3c1c(-c1ccc(C(=O)Nc4cc(C(F)(F)F)ccn4)cc1)nn3[C@@H]1CCC[C@H](C1)NC(=O)CCN(C(=O)CC1CCN(CC3CCN(c4ccc5c(c4)C(=O)N(C4CCC(=O)NC4=O)C5=O)CC3)CC1)CC/C=C/2. The van der Waals surface area contributed by atoms with Gasteiger partial charge in [-0.05, 0) is 132 Å². The van der Waals surface area contributed by atoms with Gasteiger partial charge >= 0.3 is 6.18 Å². The Labute approximate surface area is 459 Å². The number of carbonyl (C=O) groups is 7. The molecule has 3 atom stereocenters. The number of aromatic nitrogens is 4. The molecule has 418 valence electrons. The molecule has 3 aromatic heterocycles. The van der Waals surface area contributed by atoms with Crippen molar-refractivity contribution in [3.05, 3.63) is 101 Å². The zero-order valence-electron chi connectivity index (χ0n) is 44.2. The van der Waals surface area contributed by atoms with Crippen LogP contribution in [0.25, 0.3) is 28.2 Å². The molecular weight excluding hydrogens is 1030 g/mol. The molecule has 2 bridgehead atoms. The molecule has 3 saturated heterocycles. The van der Waals surface area contributed by atoms with Crippen molar-refractivity contribution in [2.45, 2.75) is 108 Å². The number of likely N-dealkylation sites (tertiary alicyclic amines) is 1. The number of nitrogens with zero attached hydrogens (tertiary/aromatic N) is 8. The summed E-state index contributed by atoms with van der Waals surface area (Å²) >= 11 is 0. The Morgan fingerprint density at radius 1 is 0.787 bits per heavy atom. The van der Waals surface area contributed by atoms with Gasteiger partial charge in [0, 0.05) is 92.8 Å². The Hall–Kier alpha value is -8.01. The number of benzene rings is 2. The number of nitrogens with two attached hydrogens (primary N) is 1. The first kappa shape index (κ1) is 54.0. The third kappa shape index (κ3) is 11.4. The van der Waals surface area contributed by atoms with Gasteiger partial charge < -0.3 is 31.1 Å². The number of anilines is 3. The molecule has 6 aliphatic rings. The number of amides is 7. The first-order valence-corrected chi connectivity index (χ1v) is 27.7. The summed E-state index contributed by atoms with van der Waals surface area (Å²) in [5.74, 6) is -2.05. The van der Waals surface area contributed by atoms with Crippen molar-refractivity contribution >= 4 is 75.7 Å². The highest BCUT2D eigenvalue weighted by atomic mass is 19.4.